The number of aryl methyl sites for hydroxylation is 1. The van der Waals surface area contributed by atoms with E-state index in [0.29, 0.717) is 31.1 Å². The number of thiazole rings is 1. The van der Waals surface area contributed by atoms with Crippen LogP contribution in [0.15, 0.2) is 39.1 Å². The van der Waals surface area contributed by atoms with Crippen molar-refractivity contribution in [2.75, 3.05) is 0 Å². The van der Waals surface area contributed by atoms with Crippen LogP contribution >= 0.6 is 22.7 Å². The molecule has 1 amide bonds. The van der Waals surface area contributed by atoms with Crippen molar-refractivity contribution in [3.8, 4) is 11.4 Å². The molecule has 0 spiro atoms. The zero-order valence-electron chi connectivity index (χ0n) is 12.5. The average Bonchev–Trinajstić information content (AvgIpc) is 3.34. The van der Waals surface area contributed by atoms with Crippen LogP contribution in [-0.2, 0) is 17.8 Å². The standard InChI is InChI=1S/C15H13N5O2S2/c21-12(16-7-11-8-20-4-6-24-15(20)17-11)1-2-13-18-14(19-22-13)10-3-5-23-9-10/h3-6,8-9H,1-2,7H2,(H,16,21). The molecule has 4 heterocycles. The third-order valence-corrected chi connectivity index (χ3v) is 4.88. The van der Waals surface area contributed by atoms with E-state index in [2.05, 4.69) is 20.4 Å². The summed E-state index contributed by atoms with van der Waals surface area (Å²) in [5.41, 5.74) is 1.77. The number of rotatable bonds is 6. The lowest BCUT2D eigenvalue weighted by Crippen LogP contribution is -2.23. The van der Waals surface area contributed by atoms with E-state index in [4.69, 9.17) is 4.52 Å². The SMILES string of the molecule is O=C(CCc1nc(-c2ccsc2)no1)NCc1cn2ccsc2n1. The van der Waals surface area contributed by atoms with Crippen LogP contribution in [0.2, 0.25) is 0 Å². The van der Waals surface area contributed by atoms with Crippen molar-refractivity contribution in [2.45, 2.75) is 19.4 Å². The average molecular weight is 359 g/mol. The van der Waals surface area contributed by atoms with Crippen LogP contribution in [0.3, 0.4) is 0 Å². The Labute approximate surface area is 145 Å². The van der Waals surface area contributed by atoms with E-state index < -0.39 is 0 Å². The highest BCUT2D eigenvalue weighted by molar-refractivity contribution is 7.15. The predicted octanol–water partition coefficient (Wildman–Crippen LogP) is 2.76. The first kappa shape index (κ1) is 15.0. The van der Waals surface area contributed by atoms with Gasteiger partial charge in [0.2, 0.25) is 17.6 Å². The number of nitrogens with one attached hydrogen (secondary N) is 1. The molecule has 0 bridgehead atoms. The van der Waals surface area contributed by atoms with Crippen molar-refractivity contribution in [1.29, 1.82) is 0 Å². The molecule has 0 aliphatic carbocycles. The van der Waals surface area contributed by atoms with Gasteiger partial charge in [0.05, 0.1) is 12.2 Å². The van der Waals surface area contributed by atoms with E-state index >= 15 is 0 Å². The van der Waals surface area contributed by atoms with E-state index in [0.717, 1.165) is 16.2 Å². The van der Waals surface area contributed by atoms with Crippen LogP contribution in [0.25, 0.3) is 16.3 Å². The Hall–Kier alpha value is -2.52. The zero-order valence-corrected chi connectivity index (χ0v) is 14.1. The normalized spacial score (nSPS) is 11.2. The molecule has 7 nitrogen and oxygen atoms in total. The number of amides is 1. The van der Waals surface area contributed by atoms with Crippen LogP contribution in [-0.4, -0.2) is 25.4 Å². The number of thiophene rings is 1. The summed E-state index contributed by atoms with van der Waals surface area (Å²) in [6.45, 7) is 0.414. The van der Waals surface area contributed by atoms with Crippen LogP contribution in [0.5, 0.6) is 0 Å². The summed E-state index contributed by atoms with van der Waals surface area (Å²) < 4.78 is 7.12. The van der Waals surface area contributed by atoms with Crippen LogP contribution < -0.4 is 5.32 Å². The number of carbonyl (C=O) groups excluding carboxylic acids is 1. The fraction of sp³-hybridized carbons (Fsp3) is 0.200. The van der Waals surface area contributed by atoms with E-state index in [1.165, 1.54) is 0 Å². The smallest absolute Gasteiger partial charge is 0.227 e. The second-order valence-corrected chi connectivity index (χ2v) is 6.78. The Kier molecular flexibility index (Phi) is 4.09. The van der Waals surface area contributed by atoms with Gasteiger partial charge in [-0.05, 0) is 11.4 Å². The van der Waals surface area contributed by atoms with E-state index in [-0.39, 0.29) is 5.91 Å². The number of imidazole rings is 1. The maximum atomic E-state index is 11.9. The van der Waals surface area contributed by atoms with Crippen molar-refractivity contribution in [2.24, 2.45) is 0 Å². The Morgan fingerprint density at radius 2 is 2.29 bits per heavy atom. The second-order valence-electron chi connectivity index (χ2n) is 5.13. The van der Waals surface area contributed by atoms with Gasteiger partial charge in [0, 0.05) is 41.6 Å². The predicted molar refractivity (Wildman–Crippen MR) is 90.8 cm³/mol. The fourth-order valence-corrected chi connectivity index (χ4v) is 3.58. The number of hydrogen-bond acceptors (Lipinski definition) is 7. The molecule has 0 radical (unpaired) electrons. The van der Waals surface area contributed by atoms with E-state index in [1.54, 1.807) is 22.7 Å². The molecule has 24 heavy (non-hydrogen) atoms. The first-order chi connectivity index (χ1) is 11.8. The van der Waals surface area contributed by atoms with E-state index in [1.807, 2.05) is 39.0 Å². The molecule has 0 fully saturated rings. The van der Waals surface area contributed by atoms with Gasteiger partial charge < -0.3 is 9.84 Å². The molecule has 0 aliphatic rings. The summed E-state index contributed by atoms with van der Waals surface area (Å²) >= 11 is 3.14. The minimum absolute atomic E-state index is 0.0679. The molecule has 4 aromatic rings. The Balaban J connectivity index is 1.28. The molecule has 9 heteroatoms. The Morgan fingerprint density at radius 3 is 3.12 bits per heavy atom. The van der Waals surface area contributed by atoms with Crippen molar-refractivity contribution >= 4 is 33.5 Å². The number of carbonyl (C=O) groups is 1. The van der Waals surface area contributed by atoms with Crippen LogP contribution in [0, 0.1) is 0 Å². The Bertz CT molecular complexity index is 925. The molecular formula is C15H13N5O2S2. The lowest BCUT2D eigenvalue weighted by atomic mass is 10.3. The largest absolute Gasteiger partial charge is 0.350 e. The van der Waals surface area contributed by atoms with Gasteiger partial charge in [-0.3, -0.25) is 9.20 Å². The molecule has 0 aromatic carbocycles. The third kappa shape index (κ3) is 3.22. The fourth-order valence-electron chi connectivity index (χ4n) is 2.22. The van der Waals surface area contributed by atoms with Crippen molar-refractivity contribution in [1.82, 2.24) is 24.8 Å². The van der Waals surface area contributed by atoms with Gasteiger partial charge in [0.1, 0.15) is 0 Å². The number of hydrogen-bond donors (Lipinski definition) is 1. The molecule has 4 aromatic heterocycles. The lowest BCUT2D eigenvalue weighted by Gasteiger charge is -2.01. The van der Waals surface area contributed by atoms with E-state index in [9.17, 15) is 4.79 Å². The first-order valence-electron chi connectivity index (χ1n) is 7.31. The van der Waals surface area contributed by atoms with Gasteiger partial charge in [-0.15, -0.1) is 11.3 Å². The van der Waals surface area contributed by atoms with Gasteiger partial charge in [0.15, 0.2) is 4.96 Å². The molecule has 0 saturated carbocycles. The molecule has 0 aliphatic heterocycles. The summed E-state index contributed by atoms with van der Waals surface area (Å²) in [6, 6.07) is 1.93. The highest BCUT2D eigenvalue weighted by atomic mass is 32.1. The third-order valence-electron chi connectivity index (χ3n) is 3.42. The van der Waals surface area contributed by atoms with Gasteiger partial charge >= 0.3 is 0 Å². The van der Waals surface area contributed by atoms with Crippen molar-refractivity contribution in [3.05, 3.63) is 46.2 Å². The summed E-state index contributed by atoms with van der Waals surface area (Å²) in [5, 5.41) is 12.7. The number of fused-ring (bicyclic) bond motifs is 1. The first-order valence-corrected chi connectivity index (χ1v) is 9.13. The van der Waals surface area contributed by atoms with Gasteiger partial charge in [-0.25, -0.2) is 4.98 Å². The molecule has 0 saturated heterocycles. The maximum absolute atomic E-state index is 11.9. The van der Waals surface area contributed by atoms with Gasteiger partial charge in [-0.1, -0.05) is 5.16 Å². The van der Waals surface area contributed by atoms with Gasteiger partial charge in [-0.2, -0.15) is 16.3 Å². The molecule has 0 unspecified atom stereocenters. The summed E-state index contributed by atoms with van der Waals surface area (Å²) in [7, 11) is 0. The van der Waals surface area contributed by atoms with Crippen molar-refractivity contribution < 1.29 is 9.32 Å². The zero-order chi connectivity index (χ0) is 16.4. The number of nitrogens with zero attached hydrogens (tertiary/aromatic N) is 4. The minimum Gasteiger partial charge on any atom is -0.350 e. The molecule has 1 N–H and O–H groups in total. The van der Waals surface area contributed by atoms with Crippen LogP contribution in [0.1, 0.15) is 18.0 Å². The molecule has 0 atom stereocenters. The summed E-state index contributed by atoms with van der Waals surface area (Å²) in [6.07, 6.45) is 4.57. The monoisotopic (exact) mass is 359 g/mol. The van der Waals surface area contributed by atoms with Crippen molar-refractivity contribution in [3.63, 3.8) is 0 Å². The highest BCUT2D eigenvalue weighted by Gasteiger charge is 2.11. The summed E-state index contributed by atoms with van der Waals surface area (Å²) in [5.74, 6) is 0.959. The molecular weight excluding hydrogens is 346 g/mol. The molecule has 122 valence electrons. The maximum Gasteiger partial charge on any atom is 0.227 e. The number of aromatic nitrogens is 4. The minimum atomic E-state index is -0.0679. The summed E-state index contributed by atoms with van der Waals surface area (Å²) in [4.78, 5) is 21.6. The van der Waals surface area contributed by atoms with Gasteiger partial charge in [0.25, 0.3) is 0 Å². The highest BCUT2D eigenvalue weighted by Crippen LogP contribution is 2.19. The molecule has 4 rings (SSSR count). The topological polar surface area (TPSA) is 85.3 Å². The lowest BCUT2D eigenvalue weighted by molar-refractivity contribution is -0.121. The quantitative estimate of drug-likeness (QED) is 0.572. The second kappa shape index (κ2) is 6.54. The van der Waals surface area contributed by atoms with Crippen LogP contribution in [0.4, 0.5) is 0 Å². The Morgan fingerprint density at radius 1 is 1.33 bits per heavy atom.